The van der Waals surface area contributed by atoms with Crippen molar-refractivity contribution in [2.75, 3.05) is 25.5 Å². The molecular weight excluding hydrogens is 418 g/mol. The molecule has 0 aromatic heterocycles. The van der Waals surface area contributed by atoms with Crippen LogP contribution < -0.4 is 10.2 Å². The molecule has 2 saturated heterocycles. The summed E-state index contributed by atoms with van der Waals surface area (Å²) >= 11 is 0. The van der Waals surface area contributed by atoms with E-state index in [1.54, 1.807) is 0 Å². The second-order valence-corrected chi connectivity index (χ2v) is 10.3. The van der Waals surface area contributed by atoms with Crippen molar-refractivity contribution in [3.63, 3.8) is 0 Å². The molecule has 2 aliphatic heterocycles. The summed E-state index contributed by atoms with van der Waals surface area (Å²) in [6.45, 7) is 2.39. The van der Waals surface area contributed by atoms with Gasteiger partial charge in [0, 0.05) is 32.4 Å². The van der Waals surface area contributed by atoms with Crippen LogP contribution in [0.1, 0.15) is 69.9 Å². The summed E-state index contributed by atoms with van der Waals surface area (Å²) in [5, 5.41) is 13.9. The number of hydrogen-bond donors (Lipinski definition) is 2. The number of nitrogens with one attached hydrogen (secondary N) is 1. The number of carboxylic acid groups (broad SMARTS) is 1. The number of carbonyl (C=O) groups excluding carboxylic acids is 2. The van der Waals surface area contributed by atoms with E-state index in [1.165, 1.54) is 11.3 Å². The summed E-state index contributed by atoms with van der Waals surface area (Å²) in [5.41, 5.74) is 0.477. The van der Waals surface area contributed by atoms with Crippen LogP contribution in [-0.4, -0.2) is 54.0 Å². The molecule has 1 aromatic carbocycles. The number of carboxylic acids is 1. The molecule has 2 N–H and O–H groups in total. The fraction of sp³-hybridized carbons (Fsp3) is 0.654. The van der Waals surface area contributed by atoms with Crippen LogP contribution in [0.15, 0.2) is 24.3 Å². The molecule has 7 nitrogen and oxygen atoms in total. The predicted octanol–water partition coefficient (Wildman–Crippen LogP) is 3.59. The first kappa shape index (κ1) is 23.7. The van der Waals surface area contributed by atoms with E-state index >= 15 is 0 Å². The minimum absolute atomic E-state index is 0.223. The molecule has 3 aliphatic rings. The molecule has 2 amide bonds. The largest absolute Gasteiger partial charge is 0.480 e. The number of benzene rings is 1. The summed E-state index contributed by atoms with van der Waals surface area (Å²) in [5.74, 6) is -2.82. The average Bonchev–Trinajstić information content (AvgIpc) is 3.27. The molecule has 1 aliphatic carbocycles. The molecule has 2 heterocycles. The van der Waals surface area contributed by atoms with Gasteiger partial charge in [0.05, 0.1) is 11.8 Å². The summed E-state index contributed by atoms with van der Waals surface area (Å²) in [6.07, 6.45) is 7.34. The highest BCUT2D eigenvalue weighted by atomic mass is 16.4. The van der Waals surface area contributed by atoms with Crippen molar-refractivity contribution in [1.29, 1.82) is 0 Å². The van der Waals surface area contributed by atoms with Gasteiger partial charge in [-0.1, -0.05) is 57.6 Å². The third-order valence-electron chi connectivity index (χ3n) is 7.97. The van der Waals surface area contributed by atoms with Gasteiger partial charge in [0.15, 0.2) is 0 Å². The summed E-state index contributed by atoms with van der Waals surface area (Å²) < 4.78 is 0. The van der Waals surface area contributed by atoms with Crippen LogP contribution >= 0.6 is 0 Å². The number of aliphatic carboxylic acids is 1. The first-order valence-corrected chi connectivity index (χ1v) is 12.4. The van der Waals surface area contributed by atoms with Gasteiger partial charge in [0.1, 0.15) is 5.54 Å². The van der Waals surface area contributed by atoms with Crippen LogP contribution in [-0.2, 0) is 14.4 Å². The number of likely N-dealkylation sites (tertiary alicyclic amines) is 1. The molecule has 0 radical (unpaired) electrons. The van der Waals surface area contributed by atoms with Crippen LogP contribution in [0, 0.1) is 17.8 Å². The maximum absolute atomic E-state index is 13.6. The number of imide groups is 1. The zero-order chi connectivity index (χ0) is 23.8. The molecule has 1 saturated carbocycles. The lowest BCUT2D eigenvalue weighted by atomic mass is 9.72. The fourth-order valence-electron chi connectivity index (χ4n) is 6.18. The standard InChI is InChI=1S/C26H37N3O4/c1-4-5-15-29-23(30)20-21(24(29)31)26(25(32)33,16-17-9-7-6-8-10-17)27-22(20)18-11-13-19(14-12-18)28(2)3/h11-14,17,20-22,27H,4-10,15-16H2,1-3H3,(H,32,33). The van der Waals surface area contributed by atoms with E-state index in [0.717, 1.165) is 49.8 Å². The Morgan fingerprint density at radius 3 is 2.36 bits per heavy atom. The molecule has 33 heavy (non-hydrogen) atoms. The topological polar surface area (TPSA) is 90.0 Å². The Bertz CT molecular complexity index is 893. The van der Waals surface area contributed by atoms with Gasteiger partial charge in [-0.05, 0) is 36.5 Å². The molecule has 7 heteroatoms. The highest BCUT2D eigenvalue weighted by Crippen LogP contribution is 2.52. The Kier molecular flexibility index (Phi) is 6.80. The number of nitrogens with zero attached hydrogens (tertiary/aromatic N) is 2. The van der Waals surface area contributed by atoms with Gasteiger partial charge in [-0.2, -0.15) is 0 Å². The van der Waals surface area contributed by atoms with Gasteiger partial charge in [0.2, 0.25) is 11.8 Å². The van der Waals surface area contributed by atoms with Crippen molar-refractivity contribution in [2.45, 2.75) is 69.9 Å². The van der Waals surface area contributed by atoms with Crippen molar-refractivity contribution in [3.8, 4) is 0 Å². The van der Waals surface area contributed by atoms with Crippen LogP contribution in [0.25, 0.3) is 0 Å². The average molecular weight is 456 g/mol. The lowest BCUT2D eigenvalue weighted by Crippen LogP contribution is -2.56. The van der Waals surface area contributed by atoms with Crippen molar-refractivity contribution in [2.24, 2.45) is 17.8 Å². The smallest absolute Gasteiger partial charge is 0.324 e. The molecule has 4 rings (SSSR count). The van der Waals surface area contributed by atoms with E-state index in [1.807, 2.05) is 50.2 Å². The number of fused-ring (bicyclic) bond motifs is 1. The zero-order valence-corrected chi connectivity index (χ0v) is 20.0. The van der Waals surface area contributed by atoms with Crippen LogP contribution in [0.4, 0.5) is 5.69 Å². The summed E-state index contributed by atoms with van der Waals surface area (Å²) in [4.78, 5) is 43.3. The Morgan fingerprint density at radius 1 is 1.12 bits per heavy atom. The van der Waals surface area contributed by atoms with Gasteiger partial charge in [-0.25, -0.2) is 0 Å². The minimum Gasteiger partial charge on any atom is -0.480 e. The third kappa shape index (κ3) is 4.16. The Labute approximate surface area is 196 Å². The molecular formula is C26H37N3O4. The van der Waals surface area contributed by atoms with Crippen LogP contribution in [0.2, 0.25) is 0 Å². The Morgan fingerprint density at radius 2 is 1.79 bits per heavy atom. The molecule has 1 aromatic rings. The lowest BCUT2D eigenvalue weighted by Gasteiger charge is -2.35. The quantitative estimate of drug-likeness (QED) is 0.582. The molecule has 0 spiro atoms. The first-order valence-electron chi connectivity index (χ1n) is 12.4. The lowest BCUT2D eigenvalue weighted by molar-refractivity contribution is -0.152. The summed E-state index contributed by atoms with van der Waals surface area (Å²) in [7, 11) is 3.92. The monoisotopic (exact) mass is 455 g/mol. The normalized spacial score (nSPS) is 30.0. The van der Waals surface area contributed by atoms with Gasteiger partial charge in [0.25, 0.3) is 0 Å². The van der Waals surface area contributed by atoms with Gasteiger partial charge < -0.3 is 10.0 Å². The van der Waals surface area contributed by atoms with E-state index in [-0.39, 0.29) is 17.7 Å². The second-order valence-electron chi connectivity index (χ2n) is 10.3. The molecule has 4 atom stereocenters. The van der Waals surface area contributed by atoms with E-state index < -0.39 is 29.4 Å². The predicted molar refractivity (Wildman–Crippen MR) is 127 cm³/mol. The van der Waals surface area contributed by atoms with Gasteiger partial charge >= 0.3 is 5.97 Å². The number of amides is 2. The Balaban J connectivity index is 1.74. The number of hydrogen-bond acceptors (Lipinski definition) is 5. The van der Waals surface area contributed by atoms with Crippen LogP contribution in [0.3, 0.4) is 0 Å². The van der Waals surface area contributed by atoms with Crippen LogP contribution in [0.5, 0.6) is 0 Å². The Hall–Kier alpha value is -2.41. The molecule has 3 fully saturated rings. The van der Waals surface area contributed by atoms with Gasteiger partial charge in [-0.15, -0.1) is 0 Å². The fourth-order valence-corrected chi connectivity index (χ4v) is 6.18. The number of rotatable bonds is 8. The number of anilines is 1. The van der Waals surface area contributed by atoms with Crippen molar-refractivity contribution < 1.29 is 19.5 Å². The van der Waals surface area contributed by atoms with Crippen molar-refractivity contribution in [3.05, 3.63) is 29.8 Å². The highest BCUT2D eigenvalue weighted by molar-refractivity contribution is 6.09. The van der Waals surface area contributed by atoms with E-state index in [0.29, 0.717) is 13.0 Å². The maximum Gasteiger partial charge on any atom is 0.324 e. The van der Waals surface area contributed by atoms with Crippen molar-refractivity contribution >= 4 is 23.5 Å². The first-order chi connectivity index (χ1) is 15.8. The number of carbonyl (C=O) groups is 3. The van der Waals surface area contributed by atoms with E-state index in [2.05, 4.69) is 5.32 Å². The number of unbranched alkanes of at least 4 members (excludes halogenated alkanes) is 1. The maximum atomic E-state index is 13.6. The third-order valence-corrected chi connectivity index (χ3v) is 7.97. The SMILES string of the molecule is CCCCN1C(=O)C2C(c3ccc(N(C)C)cc3)NC(CC3CCCCC3)(C(=O)O)C2C1=O. The van der Waals surface area contributed by atoms with Gasteiger partial charge in [-0.3, -0.25) is 24.6 Å². The second kappa shape index (κ2) is 9.45. The summed E-state index contributed by atoms with van der Waals surface area (Å²) in [6, 6.07) is 7.37. The molecule has 0 bridgehead atoms. The highest BCUT2D eigenvalue weighted by Gasteiger charge is 2.68. The van der Waals surface area contributed by atoms with E-state index in [9.17, 15) is 19.5 Å². The molecule has 180 valence electrons. The minimum atomic E-state index is -1.41. The van der Waals surface area contributed by atoms with Crippen molar-refractivity contribution in [1.82, 2.24) is 10.2 Å². The molecule has 4 unspecified atom stereocenters. The van der Waals surface area contributed by atoms with E-state index in [4.69, 9.17) is 0 Å². The zero-order valence-electron chi connectivity index (χ0n) is 20.0.